The maximum Gasteiger partial charge on any atom is 0.270 e. The Morgan fingerprint density at radius 3 is 2.54 bits per heavy atom. The lowest BCUT2D eigenvalue weighted by molar-refractivity contribution is 0.0922. The van der Waals surface area contributed by atoms with Crippen LogP contribution in [0.2, 0.25) is 10.0 Å². The molecule has 0 aliphatic rings. The van der Waals surface area contributed by atoms with Crippen molar-refractivity contribution in [2.24, 2.45) is 5.92 Å². The topological polar surface area (TPSA) is 60.1 Å². The number of hydrogen-bond acceptors (Lipinski definition) is 3. The van der Waals surface area contributed by atoms with E-state index in [1.54, 1.807) is 47.3 Å². The number of carbonyl (C=O) groups excluding carboxylic acids is 1. The summed E-state index contributed by atoms with van der Waals surface area (Å²) < 4.78 is 6.96. The van der Waals surface area contributed by atoms with Crippen LogP contribution in [0.4, 0.5) is 0 Å². The number of carbonyl (C=O) groups is 1. The second-order valence-corrected chi connectivity index (χ2v) is 7.22. The number of furan rings is 1. The largest absolute Gasteiger partial charge is 0.463 e. The van der Waals surface area contributed by atoms with Crippen LogP contribution in [0.25, 0.3) is 17.1 Å². The van der Waals surface area contributed by atoms with Crippen molar-refractivity contribution in [1.82, 2.24) is 15.1 Å². The summed E-state index contributed by atoms with van der Waals surface area (Å²) in [4.78, 5) is 12.8. The monoisotopic (exact) mass is 391 g/mol. The first kappa shape index (κ1) is 18.5. The second kappa shape index (κ2) is 7.56. The highest BCUT2D eigenvalue weighted by Gasteiger charge is 2.21. The van der Waals surface area contributed by atoms with E-state index >= 15 is 0 Å². The van der Waals surface area contributed by atoms with Gasteiger partial charge in [0, 0.05) is 12.1 Å². The lowest BCUT2D eigenvalue weighted by Gasteiger charge is -2.17. The molecule has 0 aliphatic carbocycles. The molecular formula is C19H19Cl2N3O2. The van der Waals surface area contributed by atoms with Gasteiger partial charge in [0.05, 0.1) is 22.0 Å². The smallest absolute Gasteiger partial charge is 0.270 e. The number of hydrogen-bond donors (Lipinski definition) is 1. The zero-order valence-electron chi connectivity index (χ0n) is 14.7. The van der Waals surface area contributed by atoms with Gasteiger partial charge in [-0.15, -0.1) is 0 Å². The van der Waals surface area contributed by atoms with Crippen molar-refractivity contribution in [3.8, 4) is 17.1 Å². The molecule has 7 heteroatoms. The van der Waals surface area contributed by atoms with Gasteiger partial charge in [0.1, 0.15) is 11.4 Å². The summed E-state index contributed by atoms with van der Waals surface area (Å²) in [7, 11) is 0. The molecule has 136 valence electrons. The molecule has 2 aromatic heterocycles. The third kappa shape index (κ3) is 3.79. The van der Waals surface area contributed by atoms with Crippen molar-refractivity contribution in [2.45, 2.75) is 26.8 Å². The van der Waals surface area contributed by atoms with Crippen molar-refractivity contribution in [2.75, 3.05) is 0 Å². The van der Waals surface area contributed by atoms with Gasteiger partial charge in [-0.05, 0) is 43.2 Å². The molecule has 0 saturated heterocycles. The number of nitrogens with zero attached hydrogens (tertiary/aromatic N) is 2. The number of benzene rings is 1. The summed E-state index contributed by atoms with van der Waals surface area (Å²) in [6.07, 6.45) is 1.56. The van der Waals surface area contributed by atoms with Crippen molar-refractivity contribution in [3.05, 3.63) is 58.4 Å². The van der Waals surface area contributed by atoms with Gasteiger partial charge in [-0.25, -0.2) is 4.68 Å². The SMILES string of the molecule is CC(C)[C@H](C)NC(=O)c1cc(-c2ccco2)nn1-c1ccc(Cl)c(Cl)c1. The molecule has 0 saturated carbocycles. The normalized spacial score (nSPS) is 12.4. The number of aromatic nitrogens is 2. The molecule has 1 atom stereocenters. The zero-order valence-corrected chi connectivity index (χ0v) is 16.2. The molecule has 0 unspecified atom stereocenters. The van der Waals surface area contributed by atoms with E-state index in [2.05, 4.69) is 24.3 Å². The first-order valence-corrected chi connectivity index (χ1v) is 9.02. The van der Waals surface area contributed by atoms with Crippen molar-refractivity contribution < 1.29 is 9.21 Å². The summed E-state index contributed by atoms with van der Waals surface area (Å²) in [5, 5.41) is 8.36. The molecule has 1 aromatic carbocycles. The molecule has 26 heavy (non-hydrogen) atoms. The Hall–Kier alpha value is -2.24. The number of amides is 1. The molecule has 3 aromatic rings. The lowest BCUT2D eigenvalue weighted by Crippen LogP contribution is -2.37. The van der Waals surface area contributed by atoms with Crippen LogP contribution in [0.15, 0.2) is 47.1 Å². The van der Waals surface area contributed by atoms with E-state index < -0.39 is 0 Å². The van der Waals surface area contributed by atoms with Gasteiger partial charge in [0.2, 0.25) is 0 Å². The molecular weight excluding hydrogens is 373 g/mol. The van der Waals surface area contributed by atoms with Crippen LogP contribution < -0.4 is 5.32 Å². The van der Waals surface area contributed by atoms with Crippen LogP contribution in [0, 0.1) is 5.92 Å². The van der Waals surface area contributed by atoms with Gasteiger partial charge >= 0.3 is 0 Å². The minimum absolute atomic E-state index is 0.0201. The molecule has 5 nitrogen and oxygen atoms in total. The summed E-state index contributed by atoms with van der Waals surface area (Å²) in [6.45, 7) is 6.07. The predicted molar refractivity (Wildman–Crippen MR) is 103 cm³/mol. The Kier molecular flexibility index (Phi) is 5.39. The fourth-order valence-electron chi connectivity index (χ4n) is 2.35. The highest BCUT2D eigenvalue weighted by atomic mass is 35.5. The van der Waals surface area contributed by atoms with Crippen LogP contribution in [0.3, 0.4) is 0 Å². The van der Waals surface area contributed by atoms with E-state index in [-0.39, 0.29) is 11.9 Å². The fourth-order valence-corrected chi connectivity index (χ4v) is 2.64. The highest BCUT2D eigenvalue weighted by molar-refractivity contribution is 6.42. The van der Waals surface area contributed by atoms with Crippen LogP contribution in [-0.2, 0) is 0 Å². The highest BCUT2D eigenvalue weighted by Crippen LogP contribution is 2.27. The average Bonchev–Trinajstić information content (AvgIpc) is 3.26. The molecule has 0 aliphatic heterocycles. The minimum Gasteiger partial charge on any atom is -0.463 e. The molecule has 3 rings (SSSR count). The van der Waals surface area contributed by atoms with E-state index in [0.29, 0.717) is 38.8 Å². The lowest BCUT2D eigenvalue weighted by atomic mass is 10.1. The number of nitrogens with one attached hydrogen (secondary N) is 1. The fraction of sp³-hybridized carbons (Fsp3) is 0.263. The van der Waals surface area contributed by atoms with Crippen LogP contribution in [-0.4, -0.2) is 21.7 Å². The Bertz CT molecular complexity index is 917. The van der Waals surface area contributed by atoms with Gasteiger partial charge in [-0.3, -0.25) is 4.79 Å². The van der Waals surface area contributed by atoms with Crippen molar-refractivity contribution >= 4 is 29.1 Å². The molecule has 0 spiro atoms. The van der Waals surface area contributed by atoms with E-state index in [0.717, 1.165) is 0 Å². The molecule has 1 N–H and O–H groups in total. The van der Waals surface area contributed by atoms with E-state index in [1.807, 2.05) is 6.92 Å². The minimum atomic E-state index is -0.220. The molecule has 2 heterocycles. The van der Waals surface area contributed by atoms with Crippen molar-refractivity contribution in [1.29, 1.82) is 0 Å². The van der Waals surface area contributed by atoms with Gasteiger partial charge in [0.25, 0.3) is 5.91 Å². The van der Waals surface area contributed by atoms with E-state index in [9.17, 15) is 4.79 Å². The summed E-state index contributed by atoms with van der Waals surface area (Å²) in [5.41, 5.74) is 1.59. The Morgan fingerprint density at radius 2 is 1.92 bits per heavy atom. The standard InChI is InChI=1S/C19H19Cl2N3O2/c1-11(2)12(3)22-19(25)17-10-16(18-5-4-8-26-18)23-24(17)13-6-7-14(20)15(21)9-13/h4-12H,1-3H3,(H,22,25)/t12-/m0/s1. The number of rotatable bonds is 5. The van der Waals surface area contributed by atoms with Crippen LogP contribution in [0.5, 0.6) is 0 Å². The van der Waals surface area contributed by atoms with Crippen LogP contribution >= 0.6 is 23.2 Å². The second-order valence-electron chi connectivity index (χ2n) is 6.41. The number of halogens is 2. The summed E-state index contributed by atoms with van der Waals surface area (Å²) in [6, 6.07) is 10.4. The molecule has 0 bridgehead atoms. The van der Waals surface area contributed by atoms with Gasteiger partial charge < -0.3 is 9.73 Å². The summed E-state index contributed by atoms with van der Waals surface area (Å²) >= 11 is 12.1. The van der Waals surface area contributed by atoms with Crippen molar-refractivity contribution in [3.63, 3.8) is 0 Å². The third-order valence-corrected chi connectivity index (χ3v) is 4.96. The maximum absolute atomic E-state index is 12.8. The Labute approximate surface area is 161 Å². The van der Waals surface area contributed by atoms with Gasteiger partial charge in [-0.2, -0.15) is 5.10 Å². The Balaban J connectivity index is 2.06. The third-order valence-electron chi connectivity index (χ3n) is 4.22. The van der Waals surface area contributed by atoms with Crippen LogP contribution in [0.1, 0.15) is 31.3 Å². The quantitative estimate of drug-likeness (QED) is 0.648. The first-order chi connectivity index (χ1) is 12.4. The molecule has 1 amide bonds. The maximum atomic E-state index is 12.8. The van der Waals surface area contributed by atoms with Gasteiger partial charge in [-0.1, -0.05) is 37.0 Å². The predicted octanol–water partition coefficient (Wildman–Crippen LogP) is 5.21. The Morgan fingerprint density at radius 1 is 1.15 bits per heavy atom. The average molecular weight is 392 g/mol. The van der Waals surface area contributed by atoms with E-state index in [4.69, 9.17) is 27.6 Å². The molecule has 0 radical (unpaired) electrons. The zero-order chi connectivity index (χ0) is 18.8. The summed E-state index contributed by atoms with van der Waals surface area (Å²) in [5.74, 6) is 0.669. The van der Waals surface area contributed by atoms with Gasteiger partial charge in [0.15, 0.2) is 5.76 Å². The molecule has 0 fully saturated rings. The van der Waals surface area contributed by atoms with E-state index in [1.165, 1.54) is 0 Å². The first-order valence-electron chi connectivity index (χ1n) is 8.27.